The van der Waals surface area contributed by atoms with E-state index in [1.165, 1.54) is 0 Å². The van der Waals surface area contributed by atoms with Crippen molar-refractivity contribution in [3.05, 3.63) is 24.3 Å². The number of methoxy groups -OCH3 is 1. The summed E-state index contributed by atoms with van der Waals surface area (Å²) in [4.78, 5) is 12.0. The van der Waals surface area contributed by atoms with Crippen molar-refractivity contribution in [1.82, 2.24) is 0 Å². The third-order valence-electron chi connectivity index (χ3n) is 3.74. The molecule has 110 valence electrons. The van der Waals surface area contributed by atoms with Gasteiger partial charge in [0.2, 0.25) is 0 Å². The summed E-state index contributed by atoms with van der Waals surface area (Å²) in [6, 6.07) is 7.25. The second-order valence-electron chi connectivity index (χ2n) is 5.05. The van der Waals surface area contributed by atoms with Gasteiger partial charge in [-0.15, -0.1) is 0 Å². The van der Waals surface area contributed by atoms with Crippen molar-refractivity contribution in [3.8, 4) is 5.75 Å². The number of nitrogens with one attached hydrogen (secondary N) is 1. The molecule has 0 spiro atoms. The average molecular weight is 278 g/mol. The molecule has 1 fully saturated rings. The van der Waals surface area contributed by atoms with Crippen LogP contribution < -0.4 is 15.8 Å². The molecule has 2 rings (SSSR count). The molecule has 1 amide bonds. The lowest BCUT2D eigenvalue weighted by atomic mass is 9.86. The summed E-state index contributed by atoms with van der Waals surface area (Å²) in [6.45, 7) is 0.562. The van der Waals surface area contributed by atoms with Crippen molar-refractivity contribution in [3.63, 3.8) is 0 Å². The van der Waals surface area contributed by atoms with E-state index in [2.05, 4.69) is 5.32 Å². The molecule has 5 nitrogen and oxygen atoms in total. The molecule has 1 saturated carbocycles. The Balaban J connectivity index is 1.94. The second-order valence-corrected chi connectivity index (χ2v) is 5.05. The molecule has 1 aliphatic carbocycles. The first-order valence-corrected chi connectivity index (χ1v) is 7.05. The Morgan fingerprint density at radius 1 is 1.35 bits per heavy atom. The van der Waals surface area contributed by atoms with E-state index in [4.69, 9.17) is 15.2 Å². The van der Waals surface area contributed by atoms with Gasteiger partial charge in [-0.25, -0.2) is 4.79 Å². The lowest BCUT2D eigenvalue weighted by Crippen LogP contribution is -2.35. The Bertz CT molecular complexity index is 450. The zero-order valence-corrected chi connectivity index (χ0v) is 11.8. The van der Waals surface area contributed by atoms with Gasteiger partial charge in [0, 0.05) is 5.92 Å². The number of amides is 1. The Kier molecular flexibility index (Phi) is 5.24. The number of rotatable bonds is 4. The quantitative estimate of drug-likeness (QED) is 0.888. The number of hydrogen-bond donors (Lipinski definition) is 2. The summed E-state index contributed by atoms with van der Waals surface area (Å²) in [5.41, 5.74) is 6.35. The van der Waals surface area contributed by atoms with Gasteiger partial charge in [0.1, 0.15) is 11.9 Å². The van der Waals surface area contributed by atoms with Crippen molar-refractivity contribution < 1.29 is 14.3 Å². The van der Waals surface area contributed by atoms with Gasteiger partial charge in [-0.3, -0.25) is 5.32 Å². The predicted octanol–water partition coefficient (Wildman–Crippen LogP) is 2.76. The standard InChI is InChI=1S/C15H22N2O3/c1-19-14-9-5-3-7-12(14)17-15(18)20-13-8-4-2-6-11(13)10-16/h3,5,7,9,11,13H,2,4,6,8,10,16H2,1H3,(H,17,18). The van der Waals surface area contributed by atoms with Gasteiger partial charge in [0.25, 0.3) is 0 Å². The van der Waals surface area contributed by atoms with E-state index in [9.17, 15) is 4.79 Å². The fourth-order valence-electron chi connectivity index (χ4n) is 2.62. The molecule has 1 aromatic carbocycles. The summed E-state index contributed by atoms with van der Waals surface area (Å²) in [5.74, 6) is 0.885. The third kappa shape index (κ3) is 3.63. The Morgan fingerprint density at radius 2 is 2.10 bits per heavy atom. The highest BCUT2D eigenvalue weighted by atomic mass is 16.6. The fraction of sp³-hybridized carbons (Fsp3) is 0.533. The van der Waals surface area contributed by atoms with Crippen molar-refractivity contribution in [1.29, 1.82) is 0 Å². The molecule has 0 radical (unpaired) electrons. The van der Waals surface area contributed by atoms with Crippen LogP contribution in [0.2, 0.25) is 0 Å². The molecule has 0 bridgehead atoms. The summed E-state index contributed by atoms with van der Waals surface area (Å²) >= 11 is 0. The lowest BCUT2D eigenvalue weighted by molar-refractivity contribution is 0.0489. The van der Waals surface area contributed by atoms with Crippen molar-refractivity contribution in [2.24, 2.45) is 11.7 Å². The highest BCUT2D eigenvalue weighted by molar-refractivity contribution is 5.86. The van der Waals surface area contributed by atoms with Gasteiger partial charge in [0.15, 0.2) is 0 Å². The lowest BCUT2D eigenvalue weighted by Gasteiger charge is -2.30. The van der Waals surface area contributed by atoms with Crippen molar-refractivity contribution in [2.45, 2.75) is 31.8 Å². The van der Waals surface area contributed by atoms with Gasteiger partial charge < -0.3 is 15.2 Å². The number of anilines is 1. The van der Waals surface area contributed by atoms with Crippen LogP contribution in [0.3, 0.4) is 0 Å². The van der Waals surface area contributed by atoms with Crippen molar-refractivity contribution >= 4 is 11.8 Å². The number of ether oxygens (including phenoxy) is 2. The van der Waals surface area contributed by atoms with Crippen LogP contribution in [0.1, 0.15) is 25.7 Å². The Labute approximate surface area is 119 Å². The first-order chi connectivity index (χ1) is 9.74. The topological polar surface area (TPSA) is 73.6 Å². The molecule has 3 N–H and O–H groups in total. The molecule has 1 aliphatic rings. The summed E-state index contributed by atoms with van der Waals surface area (Å²) in [5, 5.41) is 2.73. The van der Waals surface area contributed by atoms with Gasteiger partial charge in [0.05, 0.1) is 12.8 Å². The van der Waals surface area contributed by atoms with Gasteiger partial charge >= 0.3 is 6.09 Å². The van der Waals surface area contributed by atoms with Crippen LogP contribution in [-0.4, -0.2) is 25.9 Å². The largest absolute Gasteiger partial charge is 0.495 e. The molecule has 0 saturated heterocycles. The number of benzene rings is 1. The first-order valence-electron chi connectivity index (χ1n) is 7.05. The highest BCUT2D eigenvalue weighted by Crippen LogP contribution is 2.27. The van der Waals surface area contributed by atoms with E-state index >= 15 is 0 Å². The summed E-state index contributed by atoms with van der Waals surface area (Å²) < 4.78 is 10.7. The summed E-state index contributed by atoms with van der Waals surface area (Å²) in [6.07, 6.45) is 3.65. The molecule has 2 unspecified atom stereocenters. The maximum atomic E-state index is 12.0. The maximum Gasteiger partial charge on any atom is 0.412 e. The van der Waals surface area contributed by atoms with Crippen LogP contribution in [-0.2, 0) is 4.74 Å². The van der Waals surface area contributed by atoms with E-state index in [0.29, 0.717) is 18.0 Å². The fourth-order valence-corrected chi connectivity index (χ4v) is 2.62. The predicted molar refractivity (Wildman–Crippen MR) is 77.9 cm³/mol. The van der Waals surface area contributed by atoms with E-state index < -0.39 is 6.09 Å². The smallest absolute Gasteiger partial charge is 0.412 e. The zero-order chi connectivity index (χ0) is 14.4. The van der Waals surface area contributed by atoms with Crippen LogP contribution in [0.4, 0.5) is 10.5 Å². The maximum absolute atomic E-state index is 12.0. The molecular weight excluding hydrogens is 256 g/mol. The number of carbonyl (C=O) groups excluding carboxylic acids is 1. The molecule has 0 aromatic heterocycles. The minimum absolute atomic E-state index is 0.0801. The molecule has 0 heterocycles. The van der Waals surface area contributed by atoms with Crippen LogP contribution in [0.15, 0.2) is 24.3 Å². The van der Waals surface area contributed by atoms with Gasteiger partial charge in [-0.05, 0) is 37.9 Å². The molecule has 0 aliphatic heterocycles. The van der Waals surface area contributed by atoms with Crippen LogP contribution in [0, 0.1) is 5.92 Å². The molecule has 2 atom stereocenters. The molecule has 1 aromatic rings. The summed E-state index contributed by atoms with van der Waals surface area (Å²) in [7, 11) is 1.57. The molecule has 5 heteroatoms. The SMILES string of the molecule is COc1ccccc1NC(=O)OC1CCCCC1CN. The van der Waals surface area contributed by atoms with E-state index in [1.807, 2.05) is 12.1 Å². The second kappa shape index (κ2) is 7.14. The Hall–Kier alpha value is -1.75. The monoisotopic (exact) mass is 278 g/mol. The molecular formula is C15H22N2O3. The minimum Gasteiger partial charge on any atom is -0.495 e. The van der Waals surface area contributed by atoms with Gasteiger partial charge in [-0.1, -0.05) is 18.6 Å². The van der Waals surface area contributed by atoms with Crippen LogP contribution in [0.5, 0.6) is 5.75 Å². The minimum atomic E-state index is -0.445. The third-order valence-corrected chi connectivity index (χ3v) is 3.74. The average Bonchev–Trinajstić information content (AvgIpc) is 2.48. The Morgan fingerprint density at radius 3 is 2.85 bits per heavy atom. The van der Waals surface area contributed by atoms with Gasteiger partial charge in [-0.2, -0.15) is 0 Å². The zero-order valence-electron chi connectivity index (χ0n) is 11.8. The van der Waals surface area contributed by atoms with E-state index in [0.717, 1.165) is 25.7 Å². The number of para-hydroxylation sites is 2. The van der Waals surface area contributed by atoms with E-state index in [1.54, 1.807) is 19.2 Å². The number of hydrogen-bond acceptors (Lipinski definition) is 4. The molecule has 20 heavy (non-hydrogen) atoms. The van der Waals surface area contributed by atoms with E-state index in [-0.39, 0.29) is 12.0 Å². The highest BCUT2D eigenvalue weighted by Gasteiger charge is 2.27. The van der Waals surface area contributed by atoms with Crippen LogP contribution in [0.25, 0.3) is 0 Å². The van der Waals surface area contributed by atoms with Crippen LogP contribution >= 0.6 is 0 Å². The van der Waals surface area contributed by atoms with Crippen molar-refractivity contribution in [2.75, 3.05) is 19.0 Å². The number of nitrogens with two attached hydrogens (primary N) is 1. The number of carbonyl (C=O) groups is 1. The normalized spacial score (nSPS) is 22.1. The first kappa shape index (κ1) is 14.7.